The number of halogens is 1. The molecule has 23 heavy (non-hydrogen) atoms. The zero-order chi connectivity index (χ0) is 16.4. The third-order valence-corrected chi connectivity index (χ3v) is 3.39. The molecule has 0 saturated heterocycles. The van der Waals surface area contributed by atoms with E-state index in [1.807, 2.05) is 38.1 Å². The maximum absolute atomic E-state index is 13.7. The van der Waals surface area contributed by atoms with Gasteiger partial charge in [0.2, 0.25) is 0 Å². The molecule has 1 amide bonds. The predicted octanol–water partition coefficient (Wildman–Crippen LogP) is 3.28. The Bertz CT molecular complexity index is 855. The van der Waals surface area contributed by atoms with Crippen molar-refractivity contribution in [2.45, 2.75) is 13.8 Å². The number of rotatable bonds is 3. The van der Waals surface area contributed by atoms with E-state index >= 15 is 0 Å². The van der Waals surface area contributed by atoms with Crippen molar-refractivity contribution in [2.75, 3.05) is 5.32 Å². The van der Waals surface area contributed by atoms with Crippen LogP contribution in [0.25, 0.3) is 5.69 Å². The Morgan fingerprint density at radius 2 is 1.78 bits per heavy atom. The van der Waals surface area contributed by atoms with E-state index in [0.717, 1.165) is 16.8 Å². The number of nitrogens with zero attached hydrogens (tertiary/aromatic N) is 3. The molecule has 3 aromatic rings. The second-order valence-corrected chi connectivity index (χ2v) is 5.32. The number of benzene rings is 2. The Labute approximate surface area is 132 Å². The summed E-state index contributed by atoms with van der Waals surface area (Å²) in [5, 5.41) is 10.3. The van der Waals surface area contributed by atoms with Crippen molar-refractivity contribution in [1.82, 2.24) is 15.0 Å². The van der Waals surface area contributed by atoms with Crippen LogP contribution in [0.3, 0.4) is 0 Å². The van der Waals surface area contributed by atoms with Crippen LogP contribution in [0.2, 0.25) is 0 Å². The van der Waals surface area contributed by atoms with Crippen molar-refractivity contribution in [3.8, 4) is 5.69 Å². The normalized spacial score (nSPS) is 10.6. The lowest BCUT2D eigenvalue weighted by Gasteiger charge is -2.05. The van der Waals surface area contributed by atoms with Gasteiger partial charge in [0.25, 0.3) is 5.91 Å². The number of hydrogen-bond acceptors (Lipinski definition) is 3. The molecule has 0 aliphatic rings. The fraction of sp³-hybridized carbons (Fsp3) is 0.118. The van der Waals surface area contributed by atoms with Gasteiger partial charge in [0.15, 0.2) is 5.69 Å². The van der Waals surface area contributed by atoms with E-state index in [2.05, 4.69) is 15.6 Å². The van der Waals surface area contributed by atoms with Gasteiger partial charge in [0.05, 0.1) is 17.6 Å². The third kappa shape index (κ3) is 3.26. The van der Waals surface area contributed by atoms with Crippen molar-refractivity contribution >= 4 is 11.6 Å². The van der Waals surface area contributed by atoms with Crippen molar-refractivity contribution in [3.63, 3.8) is 0 Å². The van der Waals surface area contributed by atoms with Gasteiger partial charge in [-0.1, -0.05) is 29.0 Å². The van der Waals surface area contributed by atoms with E-state index in [1.54, 1.807) is 12.1 Å². The molecule has 0 bridgehead atoms. The van der Waals surface area contributed by atoms with E-state index in [1.165, 1.54) is 16.9 Å². The maximum Gasteiger partial charge on any atom is 0.277 e. The second-order valence-electron chi connectivity index (χ2n) is 5.32. The van der Waals surface area contributed by atoms with Gasteiger partial charge in [-0.2, -0.15) is 0 Å². The highest BCUT2D eigenvalue weighted by Gasteiger charge is 2.14. The predicted molar refractivity (Wildman–Crippen MR) is 85.2 cm³/mol. The fourth-order valence-electron chi connectivity index (χ4n) is 2.11. The van der Waals surface area contributed by atoms with E-state index in [4.69, 9.17) is 0 Å². The molecule has 0 radical (unpaired) electrons. The zero-order valence-corrected chi connectivity index (χ0v) is 12.7. The molecule has 0 atom stereocenters. The van der Waals surface area contributed by atoms with E-state index < -0.39 is 11.7 Å². The molecule has 5 nitrogen and oxygen atoms in total. The van der Waals surface area contributed by atoms with E-state index in [-0.39, 0.29) is 11.4 Å². The van der Waals surface area contributed by atoms with Crippen LogP contribution in [0.15, 0.2) is 48.7 Å². The molecule has 0 saturated carbocycles. The molecule has 3 rings (SSSR count). The standard InChI is InChI=1S/C17H15FN4O/c1-11-3-6-13(7-4-11)22-10-16(20-21-22)17(23)19-15-9-12(2)5-8-14(15)18/h3-10H,1-2H3,(H,19,23). The minimum atomic E-state index is -0.507. The minimum absolute atomic E-state index is 0.117. The first-order chi connectivity index (χ1) is 11.0. The average Bonchev–Trinajstić information content (AvgIpc) is 3.02. The lowest BCUT2D eigenvalue weighted by atomic mass is 10.2. The van der Waals surface area contributed by atoms with Crippen molar-refractivity contribution < 1.29 is 9.18 Å². The Hall–Kier alpha value is -3.02. The molecular formula is C17H15FN4O. The van der Waals surface area contributed by atoms with Gasteiger partial charge >= 0.3 is 0 Å². The number of aromatic nitrogens is 3. The Morgan fingerprint density at radius 3 is 2.52 bits per heavy atom. The van der Waals surface area contributed by atoms with Crippen molar-refractivity contribution in [1.29, 1.82) is 0 Å². The fourth-order valence-corrected chi connectivity index (χ4v) is 2.11. The Balaban J connectivity index is 1.81. The van der Waals surface area contributed by atoms with Crippen LogP contribution in [-0.2, 0) is 0 Å². The summed E-state index contributed by atoms with van der Waals surface area (Å²) in [7, 11) is 0. The van der Waals surface area contributed by atoms with Crippen molar-refractivity contribution in [2.24, 2.45) is 0 Å². The van der Waals surface area contributed by atoms with Crippen LogP contribution in [0.5, 0.6) is 0 Å². The number of anilines is 1. The minimum Gasteiger partial charge on any atom is -0.318 e. The number of carbonyl (C=O) groups excluding carboxylic acids is 1. The van der Waals surface area contributed by atoms with Gasteiger partial charge in [-0.05, 0) is 43.7 Å². The first kappa shape index (κ1) is 14.9. The van der Waals surface area contributed by atoms with Gasteiger partial charge in [-0.25, -0.2) is 9.07 Å². The Kier molecular flexibility index (Phi) is 3.89. The summed E-state index contributed by atoms with van der Waals surface area (Å²) in [6.07, 6.45) is 1.51. The molecule has 2 aromatic carbocycles. The van der Waals surface area contributed by atoms with Gasteiger partial charge in [0.1, 0.15) is 5.82 Å². The van der Waals surface area contributed by atoms with Crippen LogP contribution in [0.1, 0.15) is 21.6 Å². The number of carbonyl (C=O) groups is 1. The SMILES string of the molecule is Cc1ccc(-n2cc(C(=O)Nc3cc(C)ccc3F)nn2)cc1. The van der Waals surface area contributed by atoms with Crippen LogP contribution >= 0.6 is 0 Å². The molecule has 1 N–H and O–H groups in total. The summed E-state index contributed by atoms with van der Waals surface area (Å²) in [6, 6.07) is 12.2. The largest absolute Gasteiger partial charge is 0.318 e. The van der Waals surface area contributed by atoms with Gasteiger partial charge in [-0.15, -0.1) is 5.10 Å². The van der Waals surface area contributed by atoms with Crippen LogP contribution in [0, 0.1) is 19.7 Å². The highest BCUT2D eigenvalue weighted by molar-refractivity contribution is 6.02. The lowest BCUT2D eigenvalue weighted by Crippen LogP contribution is -2.13. The first-order valence-electron chi connectivity index (χ1n) is 7.10. The van der Waals surface area contributed by atoms with E-state index in [9.17, 15) is 9.18 Å². The molecule has 1 heterocycles. The summed E-state index contributed by atoms with van der Waals surface area (Å²) in [6.45, 7) is 3.81. The number of hydrogen-bond donors (Lipinski definition) is 1. The quantitative estimate of drug-likeness (QED) is 0.807. The highest BCUT2D eigenvalue weighted by Crippen LogP contribution is 2.16. The molecule has 0 fully saturated rings. The molecule has 0 aliphatic carbocycles. The topological polar surface area (TPSA) is 59.8 Å². The first-order valence-corrected chi connectivity index (χ1v) is 7.10. The number of amides is 1. The van der Waals surface area contributed by atoms with E-state index in [0.29, 0.717) is 0 Å². The van der Waals surface area contributed by atoms with Gasteiger partial charge in [-0.3, -0.25) is 4.79 Å². The smallest absolute Gasteiger partial charge is 0.277 e. The molecule has 116 valence electrons. The summed E-state index contributed by atoms with van der Waals surface area (Å²) < 4.78 is 15.2. The molecule has 0 spiro atoms. The highest BCUT2D eigenvalue weighted by atomic mass is 19.1. The number of nitrogens with one attached hydrogen (secondary N) is 1. The average molecular weight is 310 g/mol. The van der Waals surface area contributed by atoms with Crippen LogP contribution in [0.4, 0.5) is 10.1 Å². The monoisotopic (exact) mass is 310 g/mol. The maximum atomic E-state index is 13.7. The molecular weight excluding hydrogens is 295 g/mol. The molecule has 1 aromatic heterocycles. The molecule has 0 aliphatic heterocycles. The van der Waals surface area contributed by atoms with Gasteiger partial charge in [0, 0.05) is 0 Å². The second kappa shape index (κ2) is 6.00. The summed E-state index contributed by atoms with van der Waals surface area (Å²) in [5.74, 6) is -0.997. The molecule has 0 unspecified atom stereocenters. The van der Waals surface area contributed by atoms with Crippen molar-refractivity contribution in [3.05, 3.63) is 71.3 Å². The zero-order valence-electron chi connectivity index (χ0n) is 12.7. The van der Waals surface area contributed by atoms with Crippen LogP contribution in [-0.4, -0.2) is 20.9 Å². The Morgan fingerprint density at radius 1 is 1.09 bits per heavy atom. The third-order valence-electron chi connectivity index (χ3n) is 3.39. The number of aryl methyl sites for hydroxylation is 2. The summed E-state index contributed by atoms with van der Waals surface area (Å²) in [4.78, 5) is 12.2. The summed E-state index contributed by atoms with van der Waals surface area (Å²) in [5.41, 5.74) is 3.02. The van der Waals surface area contributed by atoms with Crippen LogP contribution < -0.4 is 5.32 Å². The molecule has 6 heteroatoms. The van der Waals surface area contributed by atoms with Gasteiger partial charge < -0.3 is 5.32 Å². The lowest BCUT2D eigenvalue weighted by molar-refractivity contribution is 0.102. The summed E-state index contributed by atoms with van der Waals surface area (Å²) >= 11 is 0.